The molecule has 7 rings (SSSR count). The van der Waals surface area contributed by atoms with Gasteiger partial charge in [-0.3, -0.25) is 0 Å². The molecular weight excluding hydrogens is 573 g/mol. The largest absolute Gasteiger partial charge is 0.310 e. The Morgan fingerprint density at radius 3 is 1.74 bits per heavy atom. The topological polar surface area (TPSA) is 3.24 Å². The van der Waals surface area contributed by atoms with Crippen LogP contribution in [0.2, 0.25) is 0 Å². The summed E-state index contributed by atoms with van der Waals surface area (Å²) in [5.41, 5.74) is 15.8. The highest BCUT2D eigenvalue weighted by atomic mass is 32.1. The average molecular weight is 624 g/mol. The van der Waals surface area contributed by atoms with Gasteiger partial charge in [0.05, 0.1) is 5.69 Å². The Labute approximate surface area is 282 Å². The summed E-state index contributed by atoms with van der Waals surface area (Å²) in [6.45, 7) is 28.2. The summed E-state index contributed by atoms with van der Waals surface area (Å²) >= 11 is 2.01. The molecule has 2 aliphatic heterocycles. The molecule has 0 radical (unpaired) electrons. The zero-order valence-corrected chi connectivity index (χ0v) is 30.9. The van der Waals surface area contributed by atoms with E-state index < -0.39 is 0 Å². The Hall–Kier alpha value is -3.30. The van der Waals surface area contributed by atoms with Crippen LogP contribution in [-0.4, -0.2) is 6.71 Å². The van der Waals surface area contributed by atoms with E-state index in [9.17, 15) is 0 Å². The Kier molecular flexibility index (Phi) is 6.88. The molecule has 0 spiro atoms. The summed E-state index contributed by atoms with van der Waals surface area (Å²) in [6.07, 6.45) is 0.980. The first kappa shape index (κ1) is 31.3. The molecule has 5 aromatic rings. The van der Waals surface area contributed by atoms with Crippen LogP contribution in [0.1, 0.15) is 116 Å². The molecule has 3 heterocycles. The van der Waals surface area contributed by atoms with Crippen LogP contribution in [0.15, 0.2) is 72.8 Å². The monoisotopic (exact) mass is 623 g/mol. The molecule has 0 bridgehead atoms. The lowest BCUT2D eigenvalue weighted by molar-refractivity contribution is 0.589. The van der Waals surface area contributed by atoms with E-state index in [1.807, 2.05) is 11.3 Å². The SMILES string of the molecule is CC(C)(C)c1ccc(N2c3cc(C(C)(C)C)cc4c3B(c3cc(C(C)(C)C)ccc3C4)c3sc4ccc(C(C)(C)C)cc4c32)cc1. The van der Waals surface area contributed by atoms with Crippen molar-refractivity contribution in [2.24, 2.45) is 0 Å². The van der Waals surface area contributed by atoms with Crippen LogP contribution in [0, 0.1) is 0 Å². The fourth-order valence-electron chi connectivity index (χ4n) is 7.41. The van der Waals surface area contributed by atoms with Gasteiger partial charge >= 0.3 is 0 Å². The Bertz CT molecular complexity index is 2000. The molecule has 0 atom stereocenters. The van der Waals surface area contributed by atoms with Gasteiger partial charge in [0.1, 0.15) is 0 Å². The minimum absolute atomic E-state index is 0.0373. The molecule has 0 aliphatic carbocycles. The minimum Gasteiger partial charge on any atom is -0.310 e. The number of nitrogens with zero attached hydrogens (tertiary/aromatic N) is 1. The van der Waals surface area contributed by atoms with Gasteiger partial charge in [0.25, 0.3) is 6.71 Å². The number of fused-ring (bicyclic) bond motifs is 6. The van der Waals surface area contributed by atoms with Gasteiger partial charge in [0.15, 0.2) is 0 Å². The zero-order valence-electron chi connectivity index (χ0n) is 30.1. The quantitative estimate of drug-likeness (QED) is 0.165. The lowest BCUT2D eigenvalue weighted by Crippen LogP contribution is -2.60. The second-order valence-corrected chi connectivity index (χ2v) is 19.1. The van der Waals surface area contributed by atoms with E-state index in [0.717, 1.165) is 6.42 Å². The molecule has 0 N–H and O–H groups in total. The smallest absolute Gasteiger partial charge is 0.260 e. The van der Waals surface area contributed by atoms with Crippen molar-refractivity contribution in [1.82, 2.24) is 0 Å². The van der Waals surface area contributed by atoms with Crippen LogP contribution >= 0.6 is 11.3 Å². The van der Waals surface area contributed by atoms with Gasteiger partial charge < -0.3 is 4.90 Å². The van der Waals surface area contributed by atoms with E-state index in [-0.39, 0.29) is 28.4 Å². The predicted molar refractivity (Wildman–Crippen MR) is 205 cm³/mol. The van der Waals surface area contributed by atoms with Gasteiger partial charge in [-0.25, -0.2) is 0 Å². The predicted octanol–water partition coefficient (Wildman–Crippen LogP) is 10.3. The summed E-state index contributed by atoms with van der Waals surface area (Å²) < 4.78 is 2.85. The van der Waals surface area contributed by atoms with Crippen molar-refractivity contribution >= 4 is 60.9 Å². The molecule has 0 unspecified atom stereocenters. The fraction of sp³-hybridized carbons (Fsp3) is 0.395. The molecule has 2 aliphatic rings. The lowest BCUT2D eigenvalue weighted by atomic mass is 9.34. The highest BCUT2D eigenvalue weighted by molar-refractivity contribution is 7.33. The van der Waals surface area contributed by atoms with E-state index >= 15 is 0 Å². The number of hydrogen-bond acceptors (Lipinski definition) is 2. The molecule has 1 aromatic heterocycles. The molecule has 1 nitrogen and oxygen atoms in total. The van der Waals surface area contributed by atoms with Crippen molar-refractivity contribution in [3.05, 3.63) is 106 Å². The summed E-state index contributed by atoms with van der Waals surface area (Å²) in [5.74, 6) is 0. The molecule has 236 valence electrons. The van der Waals surface area contributed by atoms with Crippen LogP contribution in [0.5, 0.6) is 0 Å². The van der Waals surface area contributed by atoms with Crippen LogP contribution in [-0.2, 0) is 28.1 Å². The molecule has 0 saturated carbocycles. The molecular formula is C43H50BNS. The van der Waals surface area contributed by atoms with Crippen molar-refractivity contribution in [2.75, 3.05) is 4.90 Å². The maximum atomic E-state index is 2.64. The van der Waals surface area contributed by atoms with Crippen molar-refractivity contribution in [1.29, 1.82) is 0 Å². The summed E-state index contributed by atoms with van der Waals surface area (Å²) in [5, 5.41) is 1.37. The van der Waals surface area contributed by atoms with E-state index in [1.54, 1.807) is 0 Å². The Balaban J connectivity index is 1.60. The second-order valence-electron chi connectivity index (χ2n) is 18.0. The Morgan fingerprint density at radius 2 is 1.13 bits per heavy atom. The average Bonchev–Trinajstić information content (AvgIpc) is 3.33. The first-order chi connectivity index (χ1) is 21.3. The third kappa shape index (κ3) is 5.05. The van der Waals surface area contributed by atoms with Crippen molar-refractivity contribution < 1.29 is 0 Å². The maximum Gasteiger partial charge on any atom is 0.260 e. The van der Waals surface area contributed by atoms with Crippen LogP contribution < -0.4 is 20.6 Å². The minimum atomic E-state index is 0.0373. The third-order valence-electron chi connectivity index (χ3n) is 10.4. The van der Waals surface area contributed by atoms with E-state index in [1.165, 1.54) is 76.2 Å². The highest BCUT2D eigenvalue weighted by Crippen LogP contribution is 2.47. The normalized spacial score (nSPS) is 14.8. The Morgan fingerprint density at radius 1 is 0.565 bits per heavy atom. The summed E-state index contributed by atoms with van der Waals surface area (Å²) in [4.78, 5) is 2.64. The molecule has 0 saturated heterocycles. The molecule has 0 amide bonds. The van der Waals surface area contributed by atoms with Gasteiger partial charge in [-0.2, -0.15) is 0 Å². The van der Waals surface area contributed by atoms with Gasteiger partial charge in [-0.05, 0) is 97.3 Å². The fourth-order valence-corrected chi connectivity index (χ4v) is 8.71. The standard InChI is InChI=1S/C43H50BNS/c1-40(2,3)28-15-18-32(19-16-28)45-35-25-31(43(10,11)12)22-27-21-26-13-14-30(42(7,8)9)24-34(26)44(37(27)35)39-38(45)33-23-29(41(4,5)6)17-20-36(33)46-39/h13-20,22-25H,21H2,1-12H3. The second kappa shape index (κ2) is 10.1. The lowest BCUT2D eigenvalue weighted by Gasteiger charge is -2.41. The van der Waals surface area contributed by atoms with Crippen LogP contribution in [0.3, 0.4) is 0 Å². The number of benzene rings is 4. The molecule has 3 heteroatoms. The van der Waals surface area contributed by atoms with E-state index in [0.29, 0.717) is 0 Å². The van der Waals surface area contributed by atoms with Crippen molar-refractivity contribution in [3.8, 4) is 0 Å². The summed E-state index contributed by atoms with van der Waals surface area (Å²) in [6, 6.07) is 29.1. The molecule has 46 heavy (non-hydrogen) atoms. The molecule has 0 fully saturated rings. The van der Waals surface area contributed by atoms with Gasteiger partial charge in [0.2, 0.25) is 0 Å². The zero-order chi connectivity index (χ0) is 33.1. The number of rotatable bonds is 1. The number of anilines is 3. The van der Waals surface area contributed by atoms with Crippen LogP contribution in [0.4, 0.5) is 17.1 Å². The van der Waals surface area contributed by atoms with Gasteiger partial charge in [-0.15, -0.1) is 11.3 Å². The molecule has 4 aromatic carbocycles. The van der Waals surface area contributed by atoms with E-state index in [2.05, 4.69) is 161 Å². The third-order valence-corrected chi connectivity index (χ3v) is 11.6. The first-order valence-corrected chi connectivity index (χ1v) is 17.9. The van der Waals surface area contributed by atoms with Gasteiger partial charge in [0, 0.05) is 26.2 Å². The first-order valence-electron chi connectivity index (χ1n) is 17.1. The van der Waals surface area contributed by atoms with Crippen molar-refractivity contribution in [3.63, 3.8) is 0 Å². The summed E-state index contributed by atoms with van der Waals surface area (Å²) in [7, 11) is 0. The highest BCUT2D eigenvalue weighted by Gasteiger charge is 2.44. The van der Waals surface area contributed by atoms with E-state index in [4.69, 9.17) is 0 Å². The van der Waals surface area contributed by atoms with Crippen LogP contribution in [0.25, 0.3) is 10.1 Å². The number of thiophene rings is 1. The number of hydrogen-bond donors (Lipinski definition) is 0. The maximum absolute atomic E-state index is 2.64. The van der Waals surface area contributed by atoms with Crippen molar-refractivity contribution in [2.45, 2.75) is 111 Å². The van der Waals surface area contributed by atoms with Gasteiger partial charge in [-0.1, -0.05) is 131 Å².